The van der Waals surface area contributed by atoms with Crippen LogP contribution >= 0.6 is 27.5 Å². The number of carboxylic acid groups (broad SMARTS) is 1. The lowest BCUT2D eigenvalue weighted by Gasteiger charge is -2.10. The summed E-state index contributed by atoms with van der Waals surface area (Å²) in [5.74, 6) is -0.944. The van der Waals surface area contributed by atoms with E-state index < -0.39 is 11.9 Å². The third kappa shape index (κ3) is 3.72. The van der Waals surface area contributed by atoms with Gasteiger partial charge in [0.25, 0.3) is 0 Å². The van der Waals surface area contributed by atoms with E-state index in [0.717, 1.165) is 4.47 Å². The second-order valence-corrected chi connectivity index (χ2v) is 4.45. The number of aliphatic carboxylic acids is 1. The molecule has 0 aromatic heterocycles. The van der Waals surface area contributed by atoms with Crippen molar-refractivity contribution in [2.45, 2.75) is 6.92 Å². The van der Waals surface area contributed by atoms with E-state index in [4.69, 9.17) is 21.4 Å². The molecular formula is C10H10BrClO3. The van der Waals surface area contributed by atoms with Crippen LogP contribution in [0.1, 0.15) is 6.92 Å². The minimum Gasteiger partial charge on any atom is -0.491 e. The number of hydrogen-bond acceptors (Lipinski definition) is 2. The molecule has 0 aliphatic carbocycles. The summed E-state index contributed by atoms with van der Waals surface area (Å²) < 4.78 is 6.13. The lowest BCUT2D eigenvalue weighted by molar-refractivity contribution is -0.142. The van der Waals surface area contributed by atoms with E-state index in [2.05, 4.69) is 15.9 Å². The van der Waals surface area contributed by atoms with Crippen molar-refractivity contribution in [3.05, 3.63) is 27.7 Å². The highest BCUT2D eigenvalue weighted by Crippen LogP contribution is 2.27. The van der Waals surface area contributed by atoms with Gasteiger partial charge in [-0.3, -0.25) is 4.79 Å². The second kappa shape index (κ2) is 5.37. The summed E-state index contributed by atoms with van der Waals surface area (Å²) in [7, 11) is 0. The lowest BCUT2D eigenvalue weighted by atomic mass is 10.2. The van der Waals surface area contributed by atoms with Gasteiger partial charge in [-0.1, -0.05) is 27.5 Å². The van der Waals surface area contributed by atoms with Crippen LogP contribution in [0.3, 0.4) is 0 Å². The maximum atomic E-state index is 10.5. The SMILES string of the molecule is CC(COc1ccc(Br)cc1Cl)C(=O)O. The van der Waals surface area contributed by atoms with Crippen molar-refractivity contribution < 1.29 is 14.6 Å². The lowest BCUT2D eigenvalue weighted by Crippen LogP contribution is -2.17. The van der Waals surface area contributed by atoms with E-state index in [-0.39, 0.29) is 6.61 Å². The molecule has 1 unspecified atom stereocenters. The van der Waals surface area contributed by atoms with Gasteiger partial charge in [-0.2, -0.15) is 0 Å². The van der Waals surface area contributed by atoms with Crippen LogP contribution in [0.2, 0.25) is 5.02 Å². The van der Waals surface area contributed by atoms with E-state index in [1.165, 1.54) is 0 Å². The topological polar surface area (TPSA) is 46.5 Å². The summed E-state index contributed by atoms with van der Waals surface area (Å²) >= 11 is 9.16. The molecule has 0 fully saturated rings. The first kappa shape index (κ1) is 12.3. The zero-order valence-corrected chi connectivity index (χ0v) is 10.4. The van der Waals surface area contributed by atoms with Crippen molar-refractivity contribution in [2.24, 2.45) is 5.92 Å². The molecule has 1 aromatic rings. The summed E-state index contributed by atoms with van der Waals surface area (Å²) in [6.07, 6.45) is 0. The van der Waals surface area contributed by atoms with Crippen LogP contribution in [0.5, 0.6) is 5.75 Å². The Bertz CT molecular complexity index is 368. The number of carbonyl (C=O) groups is 1. The van der Waals surface area contributed by atoms with Gasteiger partial charge in [-0.05, 0) is 25.1 Å². The fourth-order valence-electron chi connectivity index (χ4n) is 0.878. The quantitative estimate of drug-likeness (QED) is 0.927. The van der Waals surface area contributed by atoms with Crippen LogP contribution in [0.4, 0.5) is 0 Å². The number of hydrogen-bond donors (Lipinski definition) is 1. The van der Waals surface area contributed by atoms with Crippen LogP contribution in [-0.2, 0) is 4.79 Å². The van der Waals surface area contributed by atoms with E-state index >= 15 is 0 Å². The molecule has 0 radical (unpaired) electrons. The highest BCUT2D eigenvalue weighted by Gasteiger charge is 2.12. The molecular weight excluding hydrogens is 283 g/mol. The van der Waals surface area contributed by atoms with Crippen molar-refractivity contribution in [1.82, 2.24) is 0 Å². The Kier molecular flexibility index (Phi) is 4.42. The van der Waals surface area contributed by atoms with E-state index in [1.807, 2.05) is 0 Å². The first-order valence-electron chi connectivity index (χ1n) is 4.31. The average molecular weight is 294 g/mol. The van der Waals surface area contributed by atoms with Crippen molar-refractivity contribution >= 4 is 33.5 Å². The van der Waals surface area contributed by atoms with Gasteiger partial charge in [0.15, 0.2) is 0 Å². The molecule has 0 saturated heterocycles. The van der Waals surface area contributed by atoms with Crippen LogP contribution in [0.15, 0.2) is 22.7 Å². The third-order valence-electron chi connectivity index (χ3n) is 1.80. The molecule has 1 N–H and O–H groups in total. The smallest absolute Gasteiger partial charge is 0.309 e. The number of carboxylic acids is 1. The van der Waals surface area contributed by atoms with Crippen molar-refractivity contribution in [2.75, 3.05) is 6.61 Å². The van der Waals surface area contributed by atoms with Gasteiger partial charge < -0.3 is 9.84 Å². The maximum absolute atomic E-state index is 10.5. The Balaban J connectivity index is 2.62. The fraction of sp³-hybridized carbons (Fsp3) is 0.300. The summed E-state index contributed by atoms with van der Waals surface area (Å²) in [4.78, 5) is 10.5. The molecule has 0 amide bonds. The molecule has 1 atom stereocenters. The van der Waals surface area contributed by atoms with Gasteiger partial charge in [0.05, 0.1) is 10.9 Å². The van der Waals surface area contributed by atoms with Crippen molar-refractivity contribution in [3.8, 4) is 5.75 Å². The fourth-order valence-corrected chi connectivity index (χ4v) is 1.61. The minimum absolute atomic E-state index is 0.108. The first-order valence-corrected chi connectivity index (χ1v) is 5.48. The molecule has 0 aliphatic rings. The Hall–Kier alpha value is -0.740. The third-order valence-corrected chi connectivity index (χ3v) is 2.59. The highest BCUT2D eigenvalue weighted by molar-refractivity contribution is 9.10. The van der Waals surface area contributed by atoms with E-state index in [0.29, 0.717) is 10.8 Å². The Morgan fingerprint density at radius 3 is 2.87 bits per heavy atom. The van der Waals surface area contributed by atoms with Gasteiger partial charge in [0.2, 0.25) is 0 Å². The van der Waals surface area contributed by atoms with Crippen LogP contribution in [0, 0.1) is 5.92 Å². The zero-order valence-electron chi connectivity index (χ0n) is 8.04. The number of benzene rings is 1. The predicted octanol–water partition coefficient (Wildman–Crippen LogP) is 3.20. The number of ether oxygens (including phenoxy) is 1. The average Bonchev–Trinajstić information content (AvgIpc) is 2.15. The molecule has 0 saturated carbocycles. The standard InChI is InChI=1S/C10H10BrClO3/c1-6(10(13)14)5-15-9-3-2-7(11)4-8(9)12/h2-4,6H,5H2,1H3,(H,13,14). The van der Waals surface area contributed by atoms with Gasteiger partial charge >= 0.3 is 5.97 Å². The molecule has 3 nitrogen and oxygen atoms in total. The Morgan fingerprint density at radius 1 is 1.67 bits per heavy atom. The molecule has 0 heterocycles. The zero-order chi connectivity index (χ0) is 11.4. The predicted molar refractivity (Wildman–Crippen MR) is 61.4 cm³/mol. The van der Waals surface area contributed by atoms with Gasteiger partial charge in [0, 0.05) is 4.47 Å². The molecule has 1 rings (SSSR count). The highest BCUT2D eigenvalue weighted by atomic mass is 79.9. The molecule has 82 valence electrons. The molecule has 0 bridgehead atoms. The van der Waals surface area contributed by atoms with Crippen LogP contribution < -0.4 is 4.74 Å². The summed E-state index contributed by atoms with van der Waals surface area (Å²) in [6, 6.07) is 5.18. The molecule has 1 aromatic carbocycles. The normalized spacial score (nSPS) is 12.2. The van der Waals surface area contributed by atoms with Gasteiger partial charge in [-0.25, -0.2) is 0 Å². The molecule has 5 heteroatoms. The largest absolute Gasteiger partial charge is 0.491 e. The molecule has 0 spiro atoms. The summed E-state index contributed by atoms with van der Waals surface area (Å²) in [6.45, 7) is 1.69. The van der Waals surface area contributed by atoms with Gasteiger partial charge in [-0.15, -0.1) is 0 Å². The Labute approximate surface area is 101 Å². The Morgan fingerprint density at radius 2 is 2.33 bits per heavy atom. The first-order chi connectivity index (χ1) is 7.00. The van der Waals surface area contributed by atoms with Crippen molar-refractivity contribution in [3.63, 3.8) is 0 Å². The van der Waals surface area contributed by atoms with E-state index in [9.17, 15) is 4.79 Å². The maximum Gasteiger partial charge on any atom is 0.309 e. The van der Waals surface area contributed by atoms with Crippen molar-refractivity contribution in [1.29, 1.82) is 0 Å². The summed E-state index contributed by atoms with van der Waals surface area (Å²) in [5.41, 5.74) is 0. The second-order valence-electron chi connectivity index (χ2n) is 3.13. The number of rotatable bonds is 4. The van der Waals surface area contributed by atoms with Crippen LogP contribution in [0.25, 0.3) is 0 Å². The molecule has 0 aliphatic heterocycles. The summed E-state index contributed by atoms with van der Waals surface area (Å²) in [5, 5.41) is 9.11. The van der Waals surface area contributed by atoms with Crippen LogP contribution in [-0.4, -0.2) is 17.7 Å². The molecule has 15 heavy (non-hydrogen) atoms. The minimum atomic E-state index is -0.886. The van der Waals surface area contributed by atoms with E-state index in [1.54, 1.807) is 25.1 Å². The van der Waals surface area contributed by atoms with Gasteiger partial charge in [0.1, 0.15) is 12.4 Å². The monoisotopic (exact) mass is 292 g/mol. The number of halogens is 2.